The van der Waals surface area contributed by atoms with Gasteiger partial charge in [-0.05, 0) is 55.9 Å². The zero-order chi connectivity index (χ0) is 57.4. The Balaban J connectivity index is 1.60. The third kappa shape index (κ3) is 15.9. The van der Waals surface area contributed by atoms with Crippen molar-refractivity contribution in [2.45, 2.75) is 110 Å². The minimum absolute atomic E-state index is 0.0158. The standard InChI is InChI=1S/C50H68N18O9S2/c1-26-40(71)65-35-19-49(14-16-57-25-51,78-23-38(46(77)61-26)68-41(72)32(62-27(2)69)13-8-15-58-47(53)54)50(24-60-48(55)56)20-36(66-42(73)33(63-44(35)75)17-28-9-4-3-5-10-28)45(76)64-34(43(74)67-37(22-79-50)39(52)70)18-29-21-59-31-12-7-6-11-30(29)31/h3-7,9-12,14,16,21,25-26,32-38,59H,8,13,15,17-20,22-24H2,1-2H3,(H2,51,57)(H2,52,70)(H,61,77)(H,62,69)(H,63,75)(H,64,76)(H,65,71)(H,66,73)(H,67,74)(H,68,72)(H4,53,54,58)(H4,55,56,60)/b16-14+. The quantitative estimate of drug-likeness (QED) is 0.0369. The van der Waals surface area contributed by atoms with Gasteiger partial charge in [-0.1, -0.05) is 48.5 Å². The van der Waals surface area contributed by atoms with Crippen LogP contribution in [0.5, 0.6) is 0 Å². The van der Waals surface area contributed by atoms with E-state index in [-0.39, 0.29) is 43.9 Å². The summed E-state index contributed by atoms with van der Waals surface area (Å²) in [6, 6.07) is 4.30. The number of carbonyl (C=O) groups is 9. The van der Waals surface area contributed by atoms with Crippen LogP contribution in [0.3, 0.4) is 0 Å². The molecule has 10 unspecified atom stereocenters. The first-order valence-electron chi connectivity index (χ1n) is 25.2. The van der Waals surface area contributed by atoms with Gasteiger partial charge < -0.3 is 81.9 Å². The highest BCUT2D eigenvalue weighted by atomic mass is 32.2. The maximum absolute atomic E-state index is 15.4. The van der Waals surface area contributed by atoms with E-state index in [1.165, 1.54) is 26.1 Å². The molecular formula is C50H68N18O9S2. The number of thioether (sulfide) groups is 2. The summed E-state index contributed by atoms with van der Waals surface area (Å²) < 4.78 is -3.68. The van der Waals surface area contributed by atoms with Crippen LogP contribution in [0.2, 0.25) is 0 Å². The monoisotopic (exact) mass is 1130 g/mol. The number of aliphatic imine (C=N–C) groups is 3. The van der Waals surface area contributed by atoms with E-state index in [1.807, 2.05) is 18.2 Å². The Morgan fingerprint density at radius 2 is 1.39 bits per heavy atom. The largest absolute Gasteiger partial charge is 0.390 e. The van der Waals surface area contributed by atoms with Gasteiger partial charge in [-0.2, -0.15) is 0 Å². The number of carbonyl (C=O) groups excluding carboxylic acids is 9. The fraction of sp³-hybridized carbons (Fsp3) is 0.440. The summed E-state index contributed by atoms with van der Waals surface area (Å²) in [6.45, 7) is 2.15. The second kappa shape index (κ2) is 27.3. The van der Waals surface area contributed by atoms with Crippen molar-refractivity contribution < 1.29 is 43.2 Å². The molecule has 4 heterocycles. The number of amides is 9. The number of primary amides is 1. The molecule has 0 saturated carbocycles. The second-order valence-corrected chi connectivity index (χ2v) is 22.0. The van der Waals surface area contributed by atoms with E-state index in [1.54, 1.807) is 42.6 Å². The summed E-state index contributed by atoms with van der Waals surface area (Å²) in [7, 11) is 0. The predicted molar refractivity (Wildman–Crippen MR) is 300 cm³/mol. The van der Waals surface area contributed by atoms with Crippen molar-refractivity contribution in [3.05, 3.63) is 84.2 Å². The summed E-state index contributed by atoms with van der Waals surface area (Å²) in [5, 5.41) is 22.7. The number of guanidine groups is 2. The van der Waals surface area contributed by atoms with Gasteiger partial charge in [0, 0.05) is 61.1 Å². The van der Waals surface area contributed by atoms with Crippen LogP contribution < -0.4 is 76.9 Å². The number of H-pyrrole nitrogens is 1. The van der Waals surface area contributed by atoms with E-state index < -0.39 is 142 Å². The van der Waals surface area contributed by atoms with Crippen LogP contribution in [0.4, 0.5) is 0 Å². The molecule has 10 atom stereocenters. The Labute approximate surface area is 463 Å². The van der Waals surface area contributed by atoms with Crippen molar-refractivity contribution in [2.24, 2.45) is 49.4 Å². The molecule has 2 aromatic carbocycles. The maximum atomic E-state index is 15.4. The molecule has 3 aliphatic heterocycles. The molecular weight excluding hydrogens is 1060 g/mol. The van der Waals surface area contributed by atoms with Crippen molar-refractivity contribution in [2.75, 3.05) is 24.6 Å². The Morgan fingerprint density at radius 1 is 0.747 bits per heavy atom. The fourth-order valence-electron chi connectivity index (χ4n) is 9.42. The Kier molecular flexibility index (Phi) is 20.7. The van der Waals surface area contributed by atoms with Gasteiger partial charge in [0.2, 0.25) is 53.2 Å². The number of fused-ring (bicyclic) bond motifs is 6. The molecule has 0 spiro atoms. The SMILES string of the molecule is CC(=O)NC(CCCN=C(N)N)C(=O)NC1CSC2(/C=C/N=CN)CC(NC(=O)C(C)NC1=O)C(=O)NC(Cc1ccccc1)C(=O)NC1CC2(CN=C(N)N)SCC(C(N)=O)NC(=O)C(Cc2c[nH]c3ccccc23)NC1=O. The molecule has 6 rings (SSSR count). The van der Waals surface area contributed by atoms with Crippen molar-refractivity contribution in [1.29, 1.82) is 0 Å². The molecule has 3 aromatic rings. The van der Waals surface area contributed by atoms with Crippen LogP contribution in [-0.2, 0) is 56.0 Å². The van der Waals surface area contributed by atoms with Gasteiger partial charge in [0.15, 0.2) is 11.9 Å². The minimum atomic E-state index is -1.85. The molecule has 29 heteroatoms. The van der Waals surface area contributed by atoms with Gasteiger partial charge in [0.25, 0.3) is 0 Å². The molecule has 27 nitrogen and oxygen atoms in total. The molecule has 0 radical (unpaired) electrons. The highest BCUT2D eigenvalue weighted by molar-refractivity contribution is 8.05. The Hall–Kier alpha value is -8.34. The number of hydrogen-bond donors (Lipinski definition) is 15. The lowest BCUT2D eigenvalue weighted by molar-refractivity contribution is -0.135. The molecule has 0 aliphatic carbocycles. The molecule has 9 amide bonds. The first kappa shape index (κ1) is 59.9. The Morgan fingerprint density at radius 3 is 2.06 bits per heavy atom. The number of hydrogen-bond acceptors (Lipinski definition) is 14. The first-order chi connectivity index (χ1) is 37.6. The number of nitrogens with zero attached hydrogens (tertiary/aromatic N) is 3. The zero-order valence-corrected chi connectivity index (χ0v) is 45.1. The molecule has 79 heavy (non-hydrogen) atoms. The summed E-state index contributed by atoms with van der Waals surface area (Å²) in [5.41, 5.74) is 37.1. The second-order valence-electron chi connectivity index (χ2n) is 19.2. The minimum Gasteiger partial charge on any atom is -0.390 e. The number of aromatic nitrogens is 1. The van der Waals surface area contributed by atoms with Crippen molar-refractivity contribution >= 4 is 106 Å². The summed E-state index contributed by atoms with van der Waals surface area (Å²) >= 11 is 1.89. The lowest BCUT2D eigenvalue weighted by Crippen LogP contribution is -2.61. The van der Waals surface area contributed by atoms with E-state index in [4.69, 9.17) is 34.4 Å². The molecule has 21 N–H and O–H groups in total. The van der Waals surface area contributed by atoms with E-state index in [0.717, 1.165) is 40.8 Å². The van der Waals surface area contributed by atoms with E-state index in [9.17, 15) is 28.8 Å². The third-order valence-electron chi connectivity index (χ3n) is 13.5. The molecule has 4 bridgehead atoms. The van der Waals surface area contributed by atoms with Crippen molar-refractivity contribution in [3.8, 4) is 0 Å². The summed E-state index contributed by atoms with van der Waals surface area (Å²) in [5.74, 6) is -8.96. The van der Waals surface area contributed by atoms with Gasteiger partial charge in [-0.25, -0.2) is 4.99 Å². The van der Waals surface area contributed by atoms with Gasteiger partial charge in [-0.15, -0.1) is 23.5 Å². The summed E-state index contributed by atoms with van der Waals surface area (Å²) in [6.07, 6.45) is 4.46. The van der Waals surface area contributed by atoms with Gasteiger partial charge >= 0.3 is 0 Å². The fourth-order valence-corrected chi connectivity index (χ4v) is 12.9. The first-order valence-corrected chi connectivity index (χ1v) is 27.2. The van der Waals surface area contributed by atoms with Gasteiger partial charge in [-0.3, -0.25) is 53.1 Å². The smallest absolute Gasteiger partial charge is 0.244 e. The normalized spacial score (nSPS) is 26.6. The van der Waals surface area contributed by atoms with Crippen LogP contribution in [-0.4, -0.2) is 159 Å². The third-order valence-corrected chi connectivity index (χ3v) is 17.0. The number of nitrogens with two attached hydrogens (primary N) is 6. The zero-order valence-electron chi connectivity index (χ0n) is 43.5. The van der Waals surface area contributed by atoms with Crippen LogP contribution in [0.1, 0.15) is 50.7 Å². The molecule has 1 aromatic heterocycles. The van der Waals surface area contributed by atoms with E-state index in [2.05, 4.69) is 62.5 Å². The van der Waals surface area contributed by atoms with Crippen molar-refractivity contribution in [1.82, 2.24) is 47.5 Å². The average Bonchev–Trinajstić information content (AvgIpc) is 3.92. The highest BCUT2D eigenvalue weighted by Gasteiger charge is 2.57. The van der Waals surface area contributed by atoms with Crippen LogP contribution in [0, 0.1) is 0 Å². The molecule has 424 valence electrons. The van der Waals surface area contributed by atoms with Crippen LogP contribution in [0.15, 0.2) is 88.0 Å². The molecule has 3 fully saturated rings. The molecule has 3 saturated heterocycles. The number of benzene rings is 2. The van der Waals surface area contributed by atoms with Crippen LogP contribution >= 0.6 is 23.5 Å². The highest BCUT2D eigenvalue weighted by Crippen LogP contribution is 2.53. The van der Waals surface area contributed by atoms with Gasteiger partial charge in [0.05, 0.1) is 22.4 Å². The number of nitrogens with one attached hydrogen (secondary N) is 9. The topological polar surface area (TPSA) is 459 Å². The summed E-state index contributed by atoms with van der Waals surface area (Å²) in [4.78, 5) is 145. The van der Waals surface area contributed by atoms with Crippen molar-refractivity contribution in [3.63, 3.8) is 0 Å². The predicted octanol–water partition coefficient (Wildman–Crippen LogP) is -4.05. The van der Waals surface area contributed by atoms with E-state index in [0.29, 0.717) is 11.1 Å². The number of aromatic amines is 1. The Bertz CT molecular complexity index is 2880. The number of para-hydroxylation sites is 1. The lowest BCUT2D eigenvalue weighted by Gasteiger charge is -2.50. The van der Waals surface area contributed by atoms with E-state index >= 15 is 14.4 Å². The lowest BCUT2D eigenvalue weighted by atomic mass is 9.79. The maximum Gasteiger partial charge on any atom is 0.244 e. The number of rotatable bonds is 16. The van der Waals surface area contributed by atoms with Gasteiger partial charge in [0.1, 0.15) is 48.3 Å². The van der Waals surface area contributed by atoms with Crippen LogP contribution in [0.25, 0.3) is 10.9 Å². The molecule has 3 aliphatic rings. The average molecular weight is 1130 g/mol.